The highest BCUT2D eigenvalue weighted by Crippen LogP contribution is 2.57. The highest BCUT2D eigenvalue weighted by atomic mass is 16.5. The maximum absolute atomic E-state index is 13.1. The minimum atomic E-state index is 0.297. The Bertz CT molecular complexity index is 837. The van der Waals surface area contributed by atoms with E-state index in [1.165, 1.54) is 25.7 Å². The molecule has 4 saturated heterocycles. The van der Waals surface area contributed by atoms with E-state index in [0.29, 0.717) is 59.2 Å². The fourth-order valence-electron chi connectivity index (χ4n) is 7.28. The van der Waals surface area contributed by atoms with Gasteiger partial charge >= 0.3 is 6.01 Å². The summed E-state index contributed by atoms with van der Waals surface area (Å²) in [6, 6.07) is 1.83. The van der Waals surface area contributed by atoms with Gasteiger partial charge in [0.2, 0.25) is 5.91 Å². The maximum Gasteiger partial charge on any atom is 0.324 e. The largest absolute Gasteiger partial charge is 0.377 e. The highest BCUT2D eigenvalue weighted by Gasteiger charge is 2.64. The number of piperidine rings is 2. The smallest absolute Gasteiger partial charge is 0.324 e. The Morgan fingerprint density at radius 2 is 1.80 bits per heavy atom. The van der Waals surface area contributed by atoms with Crippen LogP contribution in [-0.2, 0) is 9.53 Å². The number of nitrogens with zero attached hydrogens (tertiary/aromatic N) is 5. The molecule has 30 heavy (non-hydrogen) atoms. The van der Waals surface area contributed by atoms with Crippen LogP contribution in [0.4, 0.5) is 6.01 Å². The van der Waals surface area contributed by atoms with Crippen LogP contribution in [0.15, 0.2) is 4.52 Å². The van der Waals surface area contributed by atoms with Crippen LogP contribution in [0.1, 0.15) is 44.3 Å². The first-order chi connectivity index (χ1) is 14.6. The Morgan fingerprint density at radius 1 is 1.07 bits per heavy atom. The zero-order valence-electron chi connectivity index (χ0n) is 17.7. The second-order valence-corrected chi connectivity index (χ2v) is 10.6. The maximum atomic E-state index is 13.1. The van der Waals surface area contributed by atoms with E-state index < -0.39 is 0 Å². The van der Waals surface area contributed by atoms with Gasteiger partial charge in [0.25, 0.3) is 0 Å². The zero-order chi connectivity index (χ0) is 20.0. The molecule has 2 saturated carbocycles. The van der Waals surface area contributed by atoms with Gasteiger partial charge < -0.3 is 19.1 Å². The summed E-state index contributed by atoms with van der Waals surface area (Å²) in [4.78, 5) is 24.8. The number of amides is 1. The molecule has 2 bridgehead atoms. The van der Waals surface area contributed by atoms with Crippen LogP contribution in [-0.4, -0.2) is 82.4 Å². The van der Waals surface area contributed by atoms with Crippen LogP contribution >= 0.6 is 0 Å². The summed E-state index contributed by atoms with van der Waals surface area (Å²) in [5.41, 5.74) is 0.297. The van der Waals surface area contributed by atoms with Crippen molar-refractivity contribution >= 4 is 11.9 Å². The molecule has 0 N–H and O–H groups in total. The van der Waals surface area contributed by atoms with Gasteiger partial charge in [0.15, 0.2) is 5.82 Å². The van der Waals surface area contributed by atoms with Crippen molar-refractivity contribution < 1.29 is 14.1 Å². The van der Waals surface area contributed by atoms with E-state index in [1.54, 1.807) is 0 Å². The molecule has 5 heterocycles. The van der Waals surface area contributed by atoms with Crippen LogP contribution in [0, 0.1) is 24.7 Å². The normalized spacial score (nSPS) is 41.4. The molecule has 6 fully saturated rings. The quantitative estimate of drug-likeness (QED) is 0.742. The van der Waals surface area contributed by atoms with Crippen molar-refractivity contribution in [1.29, 1.82) is 0 Å². The van der Waals surface area contributed by atoms with Crippen molar-refractivity contribution in [3.05, 3.63) is 5.82 Å². The van der Waals surface area contributed by atoms with Gasteiger partial charge in [-0.2, -0.15) is 4.98 Å². The second-order valence-electron chi connectivity index (χ2n) is 10.6. The number of hydrogen-bond donors (Lipinski definition) is 0. The van der Waals surface area contributed by atoms with Gasteiger partial charge in [-0.05, 0) is 57.3 Å². The van der Waals surface area contributed by atoms with Crippen LogP contribution in [0.3, 0.4) is 0 Å². The van der Waals surface area contributed by atoms with E-state index in [0.717, 1.165) is 45.7 Å². The number of fused-ring (bicyclic) bond motifs is 3. The average molecular weight is 414 g/mol. The third-order valence-electron chi connectivity index (χ3n) is 9.18. The molecule has 1 aromatic rings. The predicted molar refractivity (Wildman–Crippen MR) is 108 cm³/mol. The summed E-state index contributed by atoms with van der Waals surface area (Å²) in [6.07, 6.45) is 7.20. The topological polar surface area (TPSA) is 74.9 Å². The Hall–Kier alpha value is -1.67. The van der Waals surface area contributed by atoms with E-state index in [4.69, 9.17) is 9.26 Å². The molecule has 6 aliphatic rings. The fraction of sp³-hybridized carbons (Fsp3) is 0.864. The number of carbonyl (C=O) groups is 1. The molecule has 0 radical (unpaired) electrons. The molecule has 1 amide bonds. The van der Waals surface area contributed by atoms with Gasteiger partial charge in [0.1, 0.15) is 0 Å². The Balaban J connectivity index is 0.998. The van der Waals surface area contributed by atoms with Crippen molar-refractivity contribution in [2.24, 2.45) is 17.8 Å². The van der Waals surface area contributed by atoms with Crippen LogP contribution in [0.25, 0.3) is 0 Å². The molecule has 7 rings (SSSR count). The second kappa shape index (κ2) is 6.19. The lowest BCUT2D eigenvalue weighted by Gasteiger charge is -2.59. The molecule has 1 spiro atoms. The van der Waals surface area contributed by atoms with E-state index in [1.807, 2.05) is 6.92 Å². The monoisotopic (exact) mass is 413 g/mol. The first kappa shape index (κ1) is 18.0. The number of carbonyl (C=O) groups excluding carboxylic acids is 1. The lowest BCUT2D eigenvalue weighted by molar-refractivity contribution is -0.158. The zero-order valence-corrected chi connectivity index (χ0v) is 17.7. The summed E-state index contributed by atoms with van der Waals surface area (Å²) in [7, 11) is 0. The Labute approximate surface area is 176 Å². The molecule has 0 aromatic carbocycles. The van der Waals surface area contributed by atoms with Crippen molar-refractivity contribution in [2.45, 2.75) is 69.1 Å². The van der Waals surface area contributed by atoms with Gasteiger partial charge in [-0.3, -0.25) is 9.69 Å². The lowest BCUT2D eigenvalue weighted by Crippen LogP contribution is -2.66. The molecule has 2 unspecified atom stereocenters. The number of likely N-dealkylation sites (tertiary alicyclic amines) is 2. The SMILES string of the molecule is Cc1noc(N2C3COCC2CC(N2C[C@@H]4[C@H](C2)[C@@H]4C(=O)N2CCC24CCC4)C3)n1. The van der Waals surface area contributed by atoms with Gasteiger partial charge in [0.05, 0.1) is 25.3 Å². The number of morpholine rings is 1. The van der Waals surface area contributed by atoms with Gasteiger partial charge in [-0.25, -0.2) is 0 Å². The van der Waals surface area contributed by atoms with Gasteiger partial charge in [-0.15, -0.1) is 0 Å². The van der Waals surface area contributed by atoms with Gasteiger partial charge in [-0.1, -0.05) is 5.16 Å². The average Bonchev–Trinajstić information content (AvgIpc) is 2.98. The minimum Gasteiger partial charge on any atom is -0.377 e. The lowest BCUT2D eigenvalue weighted by atomic mass is 9.67. The van der Waals surface area contributed by atoms with Crippen LogP contribution < -0.4 is 4.90 Å². The number of hydrogen-bond acceptors (Lipinski definition) is 7. The Morgan fingerprint density at radius 3 is 2.33 bits per heavy atom. The molecule has 5 atom stereocenters. The summed E-state index contributed by atoms with van der Waals surface area (Å²) >= 11 is 0. The first-order valence-corrected chi connectivity index (χ1v) is 11.8. The van der Waals surface area contributed by atoms with Crippen LogP contribution in [0.2, 0.25) is 0 Å². The molecular formula is C22H31N5O3. The third kappa shape index (κ3) is 2.43. The molecule has 8 nitrogen and oxygen atoms in total. The summed E-state index contributed by atoms with van der Waals surface area (Å²) in [5.74, 6) is 2.70. The Kier molecular flexibility index (Phi) is 3.70. The number of rotatable bonds is 3. The van der Waals surface area contributed by atoms with E-state index in [-0.39, 0.29) is 0 Å². The minimum absolute atomic E-state index is 0.297. The van der Waals surface area contributed by atoms with Crippen molar-refractivity contribution in [3.63, 3.8) is 0 Å². The third-order valence-corrected chi connectivity index (χ3v) is 9.18. The molecule has 1 aromatic heterocycles. The molecule has 162 valence electrons. The number of anilines is 1. The predicted octanol–water partition coefficient (Wildman–Crippen LogP) is 1.45. The van der Waals surface area contributed by atoms with Gasteiger partial charge in [0, 0.05) is 37.1 Å². The molecule has 4 aliphatic heterocycles. The molecule has 8 heteroatoms. The standard InChI is InChI=1S/C22H31N5O3/c1-13-23-21(30-24-13)27-15-7-14(8-16(27)12-29-11-15)25-9-17-18(10-25)19(17)20(28)26-6-5-22(26)3-2-4-22/h14-19H,2-12H2,1H3/t14?,15?,16?,17-,18+,19-. The summed E-state index contributed by atoms with van der Waals surface area (Å²) < 4.78 is 11.4. The van der Waals surface area contributed by atoms with Crippen LogP contribution in [0.5, 0.6) is 0 Å². The molecule has 2 aliphatic carbocycles. The highest BCUT2D eigenvalue weighted by molar-refractivity contribution is 5.84. The van der Waals surface area contributed by atoms with E-state index >= 15 is 0 Å². The molecular weight excluding hydrogens is 382 g/mol. The van der Waals surface area contributed by atoms with Crippen molar-refractivity contribution in [2.75, 3.05) is 37.7 Å². The summed E-state index contributed by atoms with van der Waals surface area (Å²) in [5, 5.41) is 3.99. The number of ether oxygens (including phenoxy) is 1. The fourth-order valence-corrected chi connectivity index (χ4v) is 7.28. The summed E-state index contributed by atoms with van der Waals surface area (Å²) in [6.45, 7) is 6.54. The van der Waals surface area contributed by atoms with E-state index in [2.05, 4.69) is 24.8 Å². The van der Waals surface area contributed by atoms with Crippen molar-refractivity contribution in [3.8, 4) is 0 Å². The number of aromatic nitrogens is 2. The van der Waals surface area contributed by atoms with Crippen molar-refractivity contribution in [1.82, 2.24) is 19.9 Å². The number of aryl methyl sites for hydroxylation is 1. The first-order valence-electron chi connectivity index (χ1n) is 11.8. The van der Waals surface area contributed by atoms with E-state index in [9.17, 15) is 4.79 Å².